The summed E-state index contributed by atoms with van der Waals surface area (Å²) in [5.41, 5.74) is 3.98. The standard InChI is InChI=1S/C15H18F3N3O2S.ClH/c1-10(20)12-3-2-6-21(9-12)24(22,23)13-5-4-11(8-19)14(7-13)15(16,17)18;/h4-5,7,10,12H,2-3,6,9,20H2,1H3;1H. The lowest BCUT2D eigenvalue weighted by atomic mass is 9.93. The Labute approximate surface area is 151 Å². The van der Waals surface area contributed by atoms with Crippen molar-refractivity contribution >= 4 is 22.4 Å². The number of hydrogen-bond donors (Lipinski definition) is 1. The zero-order valence-electron chi connectivity index (χ0n) is 13.5. The number of benzene rings is 1. The second-order valence-corrected chi connectivity index (χ2v) is 7.88. The van der Waals surface area contributed by atoms with Crippen molar-refractivity contribution in [2.45, 2.75) is 36.9 Å². The second kappa shape index (κ2) is 7.91. The first-order valence-corrected chi connectivity index (χ1v) is 8.88. The fraction of sp³-hybridized carbons (Fsp3) is 0.533. The van der Waals surface area contributed by atoms with E-state index in [4.69, 9.17) is 11.0 Å². The lowest BCUT2D eigenvalue weighted by Gasteiger charge is -2.33. The Morgan fingerprint density at radius 3 is 2.56 bits per heavy atom. The number of piperidine rings is 1. The summed E-state index contributed by atoms with van der Waals surface area (Å²) in [4.78, 5) is -0.459. The highest BCUT2D eigenvalue weighted by molar-refractivity contribution is 7.89. The van der Waals surface area contributed by atoms with E-state index in [0.717, 1.165) is 18.6 Å². The molecule has 2 rings (SSSR count). The van der Waals surface area contributed by atoms with Gasteiger partial charge in [-0.25, -0.2) is 8.42 Å². The molecule has 1 heterocycles. The highest BCUT2D eigenvalue weighted by Crippen LogP contribution is 2.34. The third-order valence-electron chi connectivity index (χ3n) is 4.22. The number of nitriles is 1. The highest BCUT2D eigenvalue weighted by Gasteiger charge is 2.37. The molecule has 10 heteroatoms. The van der Waals surface area contributed by atoms with Crippen LogP contribution in [0.2, 0.25) is 0 Å². The molecule has 0 spiro atoms. The minimum absolute atomic E-state index is 0. The van der Waals surface area contributed by atoms with E-state index in [9.17, 15) is 21.6 Å². The summed E-state index contributed by atoms with van der Waals surface area (Å²) in [6.07, 6.45) is -3.41. The van der Waals surface area contributed by atoms with E-state index >= 15 is 0 Å². The topological polar surface area (TPSA) is 87.2 Å². The predicted octanol–water partition coefficient (Wildman–Crippen LogP) is 2.75. The van der Waals surface area contributed by atoms with Gasteiger partial charge in [0.1, 0.15) is 0 Å². The van der Waals surface area contributed by atoms with Crippen LogP contribution in [-0.2, 0) is 16.2 Å². The lowest BCUT2D eigenvalue weighted by molar-refractivity contribution is -0.137. The monoisotopic (exact) mass is 397 g/mol. The second-order valence-electron chi connectivity index (χ2n) is 5.94. The Hall–Kier alpha value is -1.34. The van der Waals surface area contributed by atoms with Crippen molar-refractivity contribution in [2.75, 3.05) is 13.1 Å². The van der Waals surface area contributed by atoms with Gasteiger partial charge in [-0.15, -0.1) is 12.4 Å². The third kappa shape index (κ3) is 4.64. The molecule has 2 unspecified atom stereocenters. The van der Waals surface area contributed by atoms with Crippen LogP contribution in [0.15, 0.2) is 23.1 Å². The van der Waals surface area contributed by atoms with Gasteiger partial charge in [-0.1, -0.05) is 0 Å². The molecule has 0 saturated carbocycles. The summed E-state index contributed by atoms with van der Waals surface area (Å²) < 4.78 is 65.6. The number of alkyl halides is 3. The van der Waals surface area contributed by atoms with Gasteiger partial charge in [-0.2, -0.15) is 22.7 Å². The molecule has 1 aromatic carbocycles. The molecule has 140 valence electrons. The number of nitrogens with zero attached hydrogens (tertiary/aromatic N) is 2. The van der Waals surface area contributed by atoms with Crippen LogP contribution >= 0.6 is 12.4 Å². The molecule has 0 amide bonds. The van der Waals surface area contributed by atoms with Gasteiger partial charge in [-0.05, 0) is 43.9 Å². The normalized spacial score (nSPS) is 20.4. The maximum absolute atomic E-state index is 13.0. The van der Waals surface area contributed by atoms with Crippen LogP contribution < -0.4 is 5.73 Å². The van der Waals surface area contributed by atoms with Gasteiger partial charge in [0.05, 0.1) is 22.1 Å². The van der Waals surface area contributed by atoms with E-state index < -0.39 is 32.2 Å². The molecule has 1 fully saturated rings. The Bertz CT molecular complexity index is 760. The van der Waals surface area contributed by atoms with E-state index in [1.165, 1.54) is 10.4 Å². The number of hydrogen-bond acceptors (Lipinski definition) is 4. The zero-order valence-corrected chi connectivity index (χ0v) is 15.1. The van der Waals surface area contributed by atoms with Crippen LogP contribution in [0.25, 0.3) is 0 Å². The van der Waals surface area contributed by atoms with E-state index in [1.807, 2.05) is 0 Å². The maximum atomic E-state index is 13.0. The first-order valence-electron chi connectivity index (χ1n) is 7.44. The molecule has 25 heavy (non-hydrogen) atoms. The minimum atomic E-state index is -4.80. The molecule has 2 atom stereocenters. The van der Waals surface area contributed by atoms with E-state index in [-0.39, 0.29) is 37.5 Å². The molecule has 1 saturated heterocycles. The number of sulfonamides is 1. The van der Waals surface area contributed by atoms with E-state index in [2.05, 4.69) is 0 Å². The molecule has 2 N–H and O–H groups in total. The predicted molar refractivity (Wildman–Crippen MR) is 88.5 cm³/mol. The van der Waals surface area contributed by atoms with Crippen molar-refractivity contribution in [3.8, 4) is 6.07 Å². The van der Waals surface area contributed by atoms with Crippen LogP contribution in [0, 0.1) is 17.2 Å². The van der Waals surface area contributed by atoms with Gasteiger partial charge in [0.25, 0.3) is 0 Å². The molecule has 0 radical (unpaired) electrons. The van der Waals surface area contributed by atoms with Crippen molar-refractivity contribution in [3.05, 3.63) is 29.3 Å². The molecule has 5 nitrogen and oxygen atoms in total. The first-order chi connectivity index (χ1) is 11.1. The smallest absolute Gasteiger partial charge is 0.328 e. The van der Waals surface area contributed by atoms with Crippen molar-refractivity contribution in [1.82, 2.24) is 4.31 Å². The van der Waals surface area contributed by atoms with Gasteiger partial charge >= 0.3 is 6.18 Å². The number of halogens is 4. The fourth-order valence-corrected chi connectivity index (χ4v) is 4.35. The molecular weight excluding hydrogens is 379 g/mol. The van der Waals surface area contributed by atoms with Gasteiger partial charge in [0.15, 0.2) is 0 Å². The van der Waals surface area contributed by atoms with Crippen molar-refractivity contribution in [3.63, 3.8) is 0 Å². The highest BCUT2D eigenvalue weighted by atomic mass is 35.5. The van der Waals surface area contributed by atoms with Crippen molar-refractivity contribution in [1.29, 1.82) is 5.26 Å². The number of rotatable bonds is 3. The van der Waals surface area contributed by atoms with Crippen LogP contribution in [0.4, 0.5) is 13.2 Å². The quantitative estimate of drug-likeness (QED) is 0.849. The Balaban J connectivity index is 0.00000312. The molecule has 0 bridgehead atoms. The minimum Gasteiger partial charge on any atom is -0.328 e. The van der Waals surface area contributed by atoms with Crippen molar-refractivity contribution < 1.29 is 21.6 Å². The Morgan fingerprint density at radius 2 is 2.04 bits per heavy atom. The molecule has 1 aliphatic rings. The van der Waals surface area contributed by atoms with E-state index in [1.54, 1.807) is 6.92 Å². The van der Waals surface area contributed by atoms with Gasteiger partial charge in [0, 0.05) is 19.1 Å². The van der Waals surface area contributed by atoms with Crippen molar-refractivity contribution in [2.24, 2.45) is 11.7 Å². The lowest BCUT2D eigenvalue weighted by Crippen LogP contribution is -2.45. The van der Waals surface area contributed by atoms with Crippen LogP contribution in [0.3, 0.4) is 0 Å². The molecule has 1 aliphatic heterocycles. The van der Waals surface area contributed by atoms with Crippen LogP contribution in [0.5, 0.6) is 0 Å². The van der Waals surface area contributed by atoms with E-state index in [0.29, 0.717) is 12.5 Å². The summed E-state index contributed by atoms with van der Waals surface area (Å²) >= 11 is 0. The average Bonchev–Trinajstić information content (AvgIpc) is 2.53. The largest absolute Gasteiger partial charge is 0.417 e. The Kier molecular flexibility index (Phi) is 6.87. The zero-order chi connectivity index (χ0) is 18.1. The summed E-state index contributed by atoms with van der Waals surface area (Å²) in [5.74, 6) is -0.0333. The van der Waals surface area contributed by atoms with Gasteiger partial charge in [-0.3, -0.25) is 0 Å². The van der Waals surface area contributed by atoms with Crippen LogP contribution in [0.1, 0.15) is 30.9 Å². The molecule has 0 aromatic heterocycles. The molecule has 1 aromatic rings. The van der Waals surface area contributed by atoms with Crippen LogP contribution in [-0.4, -0.2) is 31.9 Å². The first kappa shape index (κ1) is 21.7. The van der Waals surface area contributed by atoms with Gasteiger partial charge in [0.2, 0.25) is 10.0 Å². The molecular formula is C15H19ClF3N3O2S. The average molecular weight is 398 g/mol. The summed E-state index contributed by atoms with van der Waals surface area (Å²) in [5, 5.41) is 8.80. The number of nitrogens with two attached hydrogens (primary N) is 1. The summed E-state index contributed by atoms with van der Waals surface area (Å²) in [6.45, 7) is 2.21. The summed E-state index contributed by atoms with van der Waals surface area (Å²) in [7, 11) is -4.07. The maximum Gasteiger partial charge on any atom is 0.417 e. The SMILES string of the molecule is CC(N)C1CCCN(S(=O)(=O)c2ccc(C#N)c(C(F)(F)F)c2)C1.Cl. The molecule has 0 aliphatic carbocycles. The summed E-state index contributed by atoms with van der Waals surface area (Å²) in [6, 6.07) is 3.70. The third-order valence-corrected chi connectivity index (χ3v) is 6.08. The Morgan fingerprint density at radius 1 is 1.40 bits per heavy atom. The fourth-order valence-electron chi connectivity index (χ4n) is 2.79. The van der Waals surface area contributed by atoms with Gasteiger partial charge < -0.3 is 5.73 Å².